The molecule has 8 rings (SSSR count). The summed E-state index contributed by atoms with van der Waals surface area (Å²) < 4.78 is 71.4. The maximum Gasteiger partial charge on any atom is 0.477 e. The molecular formula is C44H44F2N5O8PS. The van der Waals surface area contributed by atoms with Crippen LogP contribution in [0.15, 0.2) is 91.0 Å². The number of imide groups is 2. The van der Waals surface area contributed by atoms with Crippen molar-refractivity contribution >= 4 is 42.7 Å². The number of carbonyl (C=O) groups excluding carboxylic acids is 3. The van der Waals surface area contributed by atoms with Crippen LogP contribution >= 0.6 is 19.2 Å². The SMILES string of the molecule is Cc1ccc(CN2C(=O)N(COP(=O)(OCc3ccccc3)OCc3ccccc3)C(=O)C3(Cc4cc(-c5nnc(C)s5)c(F)c(F)c4N4CC(C)OC(C)[C@]43C)C2=O)cc1. The summed E-state index contributed by atoms with van der Waals surface area (Å²) in [4.78, 5) is 49.0. The Balaban J connectivity index is 1.25. The molecule has 2 fully saturated rings. The van der Waals surface area contributed by atoms with Gasteiger partial charge in [-0.1, -0.05) is 102 Å². The second-order valence-electron chi connectivity index (χ2n) is 15.7. The largest absolute Gasteiger partial charge is 0.477 e. The van der Waals surface area contributed by atoms with Gasteiger partial charge in [-0.2, -0.15) is 0 Å². The maximum atomic E-state index is 16.7. The predicted octanol–water partition coefficient (Wildman–Crippen LogP) is 8.52. The Labute approximate surface area is 355 Å². The summed E-state index contributed by atoms with van der Waals surface area (Å²) in [6.07, 6.45) is -1.98. The van der Waals surface area contributed by atoms with Crippen molar-refractivity contribution in [1.29, 1.82) is 0 Å². The van der Waals surface area contributed by atoms with E-state index in [9.17, 15) is 9.36 Å². The summed E-state index contributed by atoms with van der Waals surface area (Å²) in [6.45, 7) is 6.91. The van der Waals surface area contributed by atoms with Gasteiger partial charge >= 0.3 is 13.9 Å². The molecule has 13 nitrogen and oxygen atoms in total. The summed E-state index contributed by atoms with van der Waals surface area (Å²) in [5.74, 6) is -4.22. The Morgan fingerprint density at radius 2 is 1.43 bits per heavy atom. The Bertz CT molecular complexity index is 2480. The first-order chi connectivity index (χ1) is 29.1. The van der Waals surface area contributed by atoms with Crippen LogP contribution in [0.1, 0.15) is 53.6 Å². The van der Waals surface area contributed by atoms with Gasteiger partial charge in [0.2, 0.25) is 5.91 Å². The van der Waals surface area contributed by atoms with E-state index in [4.69, 9.17) is 18.3 Å². The number of hydrogen-bond donors (Lipinski definition) is 0. The Morgan fingerprint density at radius 3 is 2.02 bits per heavy atom. The zero-order chi connectivity index (χ0) is 43.3. The van der Waals surface area contributed by atoms with Crippen LogP contribution in [0.2, 0.25) is 0 Å². The molecule has 2 saturated heterocycles. The molecule has 1 aromatic heterocycles. The van der Waals surface area contributed by atoms with E-state index in [2.05, 4.69) is 10.2 Å². The van der Waals surface area contributed by atoms with Crippen LogP contribution in [-0.4, -0.2) is 68.9 Å². The number of aromatic nitrogens is 2. The van der Waals surface area contributed by atoms with Crippen LogP contribution in [0.3, 0.4) is 0 Å². The first-order valence-corrected chi connectivity index (χ1v) is 22.0. The molecule has 0 N–H and O–H groups in total. The number of hydrogen-bond acceptors (Lipinski definition) is 12. The van der Waals surface area contributed by atoms with Gasteiger partial charge in [-0.15, -0.1) is 10.2 Å². The number of ether oxygens (including phenoxy) is 1. The Kier molecular flexibility index (Phi) is 11.5. The fourth-order valence-corrected chi connectivity index (χ4v) is 10.3. The predicted molar refractivity (Wildman–Crippen MR) is 222 cm³/mol. The second kappa shape index (κ2) is 16.6. The van der Waals surface area contributed by atoms with Crippen molar-refractivity contribution in [1.82, 2.24) is 20.0 Å². The number of phosphoric acid groups is 1. The number of morpholine rings is 1. The highest BCUT2D eigenvalue weighted by molar-refractivity contribution is 7.48. The van der Waals surface area contributed by atoms with Crippen molar-refractivity contribution in [2.45, 2.75) is 78.5 Å². The second-order valence-corrected chi connectivity index (χ2v) is 18.6. The van der Waals surface area contributed by atoms with Gasteiger partial charge in [-0.25, -0.2) is 23.0 Å². The highest BCUT2D eigenvalue weighted by Gasteiger charge is 2.73. The molecule has 61 heavy (non-hydrogen) atoms. The number of barbiturate groups is 1. The molecule has 0 saturated carbocycles. The molecule has 3 aliphatic heterocycles. The highest BCUT2D eigenvalue weighted by Crippen LogP contribution is 2.58. The monoisotopic (exact) mass is 871 g/mol. The fourth-order valence-electron chi connectivity index (χ4n) is 8.49. The number of carbonyl (C=O) groups is 3. The molecule has 4 heterocycles. The number of benzene rings is 4. The topological polar surface area (TPSA) is 141 Å². The molecule has 5 aromatic rings. The van der Waals surface area contributed by atoms with Crippen LogP contribution in [0.4, 0.5) is 19.3 Å². The first kappa shape index (κ1) is 42.5. The number of anilines is 1. The third-order valence-corrected chi connectivity index (χ3v) is 14.0. The number of urea groups is 1. The van der Waals surface area contributed by atoms with E-state index in [1.807, 2.05) is 31.2 Å². The number of aryl methyl sites for hydroxylation is 2. The van der Waals surface area contributed by atoms with Crippen molar-refractivity contribution in [3.8, 4) is 10.6 Å². The minimum atomic E-state index is -4.59. The summed E-state index contributed by atoms with van der Waals surface area (Å²) in [6, 6.07) is 25.3. The molecule has 0 aliphatic carbocycles. The van der Waals surface area contributed by atoms with Gasteiger partial charge in [0.1, 0.15) is 11.7 Å². The van der Waals surface area contributed by atoms with Crippen molar-refractivity contribution < 1.29 is 46.0 Å². The zero-order valence-corrected chi connectivity index (χ0v) is 35.9. The van der Waals surface area contributed by atoms with Gasteiger partial charge < -0.3 is 9.64 Å². The minimum Gasteiger partial charge on any atom is -0.371 e. The molecule has 17 heteroatoms. The van der Waals surface area contributed by atoms with Gasteiger partial charge in [0.15, 0.2) is 22.1 Å². The van der Waals surface area contributed by atoms with E-state index in [0.717, 1.165) is 21.8 Å². The van der Waals surface area contributed by atoms with Crippen molar-refractivity contribution in [3.63, 3.8) is 0 Å². The highest BCUT2D eigenvalue weighted by atomic mass is 32.1. The first-order valence-electron chi connectivity index (χ1n) is 19.7. The number of fused-ring (bicyclic) bond motifs is 4. The van der Waals surface area contributed by atoms with E-state index in [1.54, 1.807) is 88.4 Å². The van der Waals surface area contributed by atoms with Crippen molar-refractivity contribution in [2.75, 3.05) is 18.2 Å². The summed E-state index contributed by atoms with van der Waals surface area (Å²) in [7, 11) is -4.59. The van der Waals surface area contributed by atoms with Crippen LogP contribution < -0.4 is 4.90 Å². The zero-order valence-electron chi connectivity index (χ0n) is 34.2. The normalized spacial score (nSPS) is 22.8. The molecule has 0 radical (unpaired) electrons. The molecule has 4 aromatic carbocycles. The number of amides is 4. The number of nitrogens with zero attached hydrogens (tertiary/aromatic N) is 5. The van der Waals surface area contributed by atoms with Gasteiger partial charge in [-0.3, -0.25) is 28.1 Å². The number of phosphoric ester groups is 1. The molecule has 0 bridgehead atoms. The molecule has 4 amide bonds. The number of halogens is 2. The van der Waals surface area contributed by atoms with E-state index < -0.39 is 73.6 Å². The Hall–Kier alpha value is -5.22. The minimum absolute atomic E-state index is 0.0396. The quantitative estimate of drug-likeness (QED) is 0.0880. The lowest BCUT2D eigenvalue weighted by molar-refractivity contribution is -0.179. The van der Waals surface area contributed by atoms with E-state index in [-0.39, 0.29) is 48.1 Å². The lowest BCUT2D eigenvalue weighted by atomic mass is 9.58. The molecule has 1 spiro atoms. The lowest BCUT2D eigenvalue weighted by Crippen LogP contribution is -2.81. The fraction of sp³-hybridized carbons (Fsp3) is 0.341. The molecule has 3 aliphatic rings. The van der Waals surface area contributed by atoms with E-state index >= 15 is 18.4 Å². The average molecular weight is 872 g/mol. The van der Waals surface area contributed by atoms with Gasteiger partial charge in [0.05, 0.1) is 48.8 Å². The summed E-state index contributed by atoms with van der Waals surface area (Å²) >= 11 is 1.06. The van der Waals surface area contributed by atoms with Crippen LogP contribution in [0, 0.1) is 30.9 Å². The van der Waals surface area contributed by atoms with E-state index in [1.165, 1.54) is 11.0 Å². The lowest BCUT2D eigenvalue weighted by Gasteiger charge is -2.63. The molecule has 3 unspecified atom stereocenters. The maximum absolute atomic E-state index is 16.7. The van der Waals surface area contributed by atoms with Gasteiger partial charge in [0.25, 0.3) is 5.91 Å². The van der Waals surface area contributed by atoms with Crippen LogP contribution in [0.25, 0.3) is 10.6 Å². The molecular weight excluding hydrogens is 828 g/mol. The van der Waals surface area contributed by atoms with E-state index in [0.29, 0.717) is 26.6 Å². The van der Waals surface area contributed by atoms with Crippen LogP contribution in [-0.2, 0) is 58.6 Å². The van der Waals surface area contributed by atoms with Crippen molar-refractivity contribution in [3.05, 3.63) is 135 Å². The molecule has 4 atom stereocenters. The van der Waals surface area contributed by atoms with Crippen molar-refractivity contribution in [2.24, 2.45) is 5.41 Å². The standard InChI is InChI=1S/C44H44F2N5O8PS/c1-27-16-18-31(19-17-27)23-49-40(52)44(21-34-20-35(39-48-47-30(4)61-39)36(45)37(46)38(34)51-22-28(2)59-29(3)43(44,51)5)41(53)50(42(49)54)26-58-60(55,56-24-32-12-8-6-9-13-32)57-25-33-14-10-7-11-15-33/h6-20,28-29H,21-26H2,1-5H3/t28?,29?,43-,44?/m0/s1. The third-order valence-electron chi connectivity index (χ3n) is 11.8. The summed E-state index contributed by atoms with van der Waals surface area (Å²) in [5, 5.41) is 8.68. The summed E-state index contributed by atoms with van der Waals surface area (Å²) in [5.41, 5.74) is -1.32. The Morgan fingerprint density at radius 1 is 0.820 bits per heavy atom. The smallest absolute Gasteiger partial charge is 0.371 e. The van der Waals surface area contributed by atoms with Gasteiger partial charge in [0, 0.05) is 13.0 Å². The average Bonchev–Trinajstić information content (AvgIpc) is 3.69. The van der Waals surface area contributed by atoms with Crippen LogP contribution in [0.5, 0.6) is 0 Å². The molecule has 318 valence electrons. The van der Waals surface area contributed by atoms with Gasteiger partial charge in [-0.05, 0) is 62.9 Å². The third kappa shape index (κ3) is 7.59. The number of rotatable bonds is 12.